The Morgan fingerprint density at radius 3 is 1.85 bits per heavy atom. The van der Waals surface area contributed by atoms with Crippen molar-refractivity contribution in [3.63, 3.8) is 0 Å². The maximum absolute atomic E-state index is 12.3. The molecular formula is C23H29N5O5. The van der Waals surface area contributed by atoms with Crippen molar-refractivity contribution in [1.29, 1.82) is 0 Å². The number of piperidine rings is 2. The second-order valence-corrected chi connectivity index (χ2v) is 9.29. The predicted molar refractivity (Wildman–Crippen MR) is 124 cm³/mol. The van der Waals surface area contributed by atoms with Gasteiger partial charge in [-0.15, -0.1) is 0 Å². The number of carbonyl (C=O) groups excluding carboxylic acids is 3. The number of carbonyl (C=O) groups is 3. The predicted octanol–water partition coefficient (Wildman–Crippen LogP) is 2.82. The highest BCUT2D eigenvalue weighted by atomic mass is 16.6. The minimum absolute atomic E-state index is 0.0572. The van der Waals surface area contributed by atoms with Crippen molar-refractivity contribution < 1.29 is 19.3 Å². The first-order chi connectivity index (χ1) is 15.7. The number of nitrogens with one attached hydrogen (secondary N) is 2. The number of hydrogen-bond donors (Lipinski definition) is 2. The minimum atomic E-state index is -0.881. The summed E-state index contributed by atoms with van der Waals surface area (Å²) < 4.78 is 0. The molecule has 4 amide bonds. The minimum Gasteiger partial charge on any atom is -0.371 e. The number of nitrogens with zero attached hydrogens (tertiary/aromatic N) is 3. The van der Waals surface area contributed by atoms with E-state index in [0.717, 1.165) is 57.5 Å². The van der Waals surface area contributed by atoms with Gasteiger partial charge in [0.2, 0.25) is 0 Å². The lowest BCUT2D eigenvalue weighted by molar-refractivity contribution is -0.384. The summed E-state index contributed by atoms with van der Waals surface area (Å²) in [6, 6.07) is 2.40. The molecule has 0 atom stereocenters. The number of anilines is 2. The zero-order valence-corrected chi connectivity index (χ0v) is 18.9. The van der Waals surface area contributed by atoms with Crippen LogP contribution in [0.2, 0.25) is 0 Å². The van der Waals surface area contributed by atoms with E-state index in [4.69, 9.17) is 0 Å². The average Bonchev–Trinajstić information content (AvgIpc) is 2.77. The molecule has 4 rings (SSSR count). The fourth-order valence-corrected chi connectivity index (χ4v) is 4.63. The van der Waals surface area contributed by atoms with Crippen LogP contribution in [0.5, 0.6) is 0 Å². The molecule has 176 valence electrons. The van der Waals surface area contributed by atoms with Crippen molar-refractivity contribution in [2.45, 2.75) is 39.5 Å². The Bertz CT molecular complexity index is 998. The lowest BCUT2D eigenvalue weighted by atomic mass is 9.95. The van der Waals surface area contributed by atoms with Crippen LogP contribution in [0.3, 0.4) is 0 Å². The molecule has 0 aromatic heterocycles. The molecule has 1 aromatic carbocycles. The Balaban J connectivity index is 1.82. The van der Waals surface area contributed by atoms with E-state index in [1.54, 1.807) is 0 Å². The van der Waals surface area contributed by atoms with Crippen LogP contribution in [0.1, 0.15) is 45.1 Å². The SMILES string of the molecule is CC1CCN(c2cc(N3CCC(C)CC3)c([N+](=O)[O-])cc2C=C2C(=O)NC(=O)NC2=O)CC1. The molecule has 0 saturated carbocycles. The molecule has 0 radical (unpaired) electrons. The number of amides is 4. The maximum atomic E-state index is 12.3. The van der Waals surface area contributed by atoms with Crippen LogP contribution in [-0.2, 0) is 9.59 Å². The average molecular weight is 456 g/mol. The summed E-state index contributed by atoms with van der Waals surface area (Å²) in [7, 11) is 0. The Morgan fingerprint density at radius 2 is 1.36 bits per heavy atom. The van der Waals surface area contributed by atoms with Gasteiger partial charge in [-0.2, -0.15) is 0 Å². The van der Waals surface area contributed by atoms with Gasteiger partial charge in [0.15, 0.2) is 0 Å². The molecule has 3 fully saturated rings. The molecule has 10 nitrogen and oxygen atoms in total. The van der Waals surface area contributed by atoms with Crippen molar-refractivity contribution >= 4 is 41.0 Å². The van der Waals surface area contributed by atoms with E-state index < -0.39 is 22.8 Å². The van der Waals surface area contributed by atoms with Crippen molar-refractivity contribution in [2.75, 3.05) is 36.0 Å². The third-order valence-electron chi connectivity index (χ3n) is 6.81. The third-order valence-corrected chi connectivity index (χ3v) is 6.81. The summed E-state index contributed by atoms with van der Waals surface area (Å²) in [5.74, 6) is -0.471. The number of benzene rings is 1. The number of hydrogen-bond acceptors (Lipinski definition) is 7. The number of nitro benzene ring substituents is 1. The highest BCUT2D eigenvalue weighted by molar-refractivity contribution is 6.31. The second-order valence-electron chi connectivity index (χ2n) is 9.29. The molecule has 0 bridgehead atoms. The standard InChI is InChI=1S/C23H29N5O5/c1-14-3-7-26(8-4-14)18-13-19(27-9-5-15(2)6-10-27)20(28(32)33)12-16(18)11-17-21(29)24-23(31)25-22(17)30/h11-15H,3-10H2,1-2H3,(H2,24,25,29,30,31). The Kier molecular flexibility index (Phi) is 6.35. The zero-order chi connectivity index (χ0) is 23.7. The molecule has 0 spiro atoms. The van der Waals surface area contributed by atoms with Gasteiger partial charge in [0.05, 0.1) is 4.92 Å². The molecule has 3 heterocycles. The second kappa shape index (κ2) is 9.21. The molecule has 3 aliphatic heterocycles. The molecular weight excluding hydrogens is 426 g/mol. The van der Waals surface area contributed by atoms with E-state index >= 15 is 0 Å². The number of rotatable bonds is 4. The van der Waals surface area contributed by atoms with E-state index in [1.165, 1.54) is 12.1 Å². The Hall–Kier alpha value is -3.43. The van der Waals surface area contributed by atoms with Crippen molar-refractivity contribution in [3.8, 4) is 0 Å². The van der Waals surface area contributed by atoms with E-state index in [-0.39, 0.29) is 11.3 Å². The highest BCUT2D eigenvalue weighted by Gasteiger charge is 2.31. The molecule has 3 saturated heterocycles. The molecule has 2 N–H and O–H groups in total. The molecule has 33 heavy (non-hydrogen) atoms. The van der Waals surface area contributed by atoms with Crippen molar-refractivity contribution in [2.24, 2.45) is 11.8 Å². The van der Waals surface area contributed by atoms with Gasteiger partial charge >= 0.3 is 6.03 Å². The van der Waals surface area contributed by atoms with Gasteiger partial charge in [-0.1, -0.05) is 13.8 Å². The smallest absolute Gasteiger partial charge is 0.328 e. The van der Waals surface area contributed by atoms with Crippen LogP contribution in [-0.4, -0.2) is 48.9 Å². The lowest BCUT2D eigenvalue weighted by Crippen LogP contribution is -2.51. The first-order valence-electron chi connectivity index (χ1n) is 11.4. The van der Waals surface area contributed by atoms with E-state index in [1.807, 2.05) is 6.07 Å². The summed E-state index contributed by atoms with van der Waals surface area (Å²) in [5.41, 5.74) is 1.43. The van der Waals surface area contributed by atoms with Gasteiger partial charge in [-0.25, -0.2) is 4.79 Å². The first kappa shape index (κ1) is 22.8. The fraction of sp³-hybridized carbons (Fsp3) is 0.522. The van der Waals surface area contributed by atoms with Crippen LogP contribution in [0, 0.1) is 22.0 Å². The lowest BCUT2D eigenvalue weighted by Gasteiger charge is -2.36. The molecule has 3 aliphatic rings. The molecule has 1 aromatic rings. The van der Waals surface area contributed by atoms with Crippen molar-refractivity contribution in [3.05, 3.63) is 33.4 Å². The summed E-state index contributed by atoms with van der Waals surface area (Å²) in [5, 5.41) is 16.1. The molecule has 10 heteroatoms. The normalized spacial score (nSPS) is 20.5. The summed E-state index contributed by atoms with van der Waals surface area (Å²) in [6.07, 6.45) is 5.25. The van der Waals surface area contributed by atoms with Gasteiger partial charge in [0, 0.05) is 43.5 Å². The van der Waals surface area contributed by atoms with Gasteiger partial charge in [0.25, 0.3) is 17.5 Å². The van der Waals surface area contributed by atoms with Crippen molar-refractivity contribution in [1.82, 2.24) is 10.6 Å². The van der Waals surface area contributed by atoms with Crippen LogP contribution in [0.15, 0.2) is 17.7 Å². The number of imide groups is 2. The van der Waals surface area contributed by atoms with Gasteiger partial charge in [0.1, 0.15) is 11.3 Å². The molecule has 0 unspecified atom stereocenters. The summed E-state index contributed by atoms with van der Waals surface area (Å²) >= 11 is 0. The van der Waals surface area contributed by atoms with Crippen LogP contribution in [0.4, 0.5) is 21.9 Å². The van der Waals surface area contributed by atoms with Gasteiger partial charge in [-0.3, -0.25) is 30.3 Å². The number of barbiturate groups is 1. The third kappa shape index (κ3) is 4.84. The quantitative estimate of drug-likeness (QED) is 0.309. The first-order valence-corrected chi connectivity index (χ1v) is 11.4. The van der Waals surface area contributed by atoms with E-state index in [9.17, 15) is 24.5 Å². The zero-order valence-electron chi connectivity index (χ0n) is 18.9. The van der Waals surface area contributed by atoms with E-state index in [2.05, 4.69) is 34.3 Å². The largest absolute Gasteiger partial charge is 0.371 e. The Morgan fingerprint density at radius 1 is 0.879 bits per heavy atom. The topological polar surface area (TPSA) is 125 Å². The monoisotopic (exact) mass is 455 g/mol. The van der Waals surface area contributed by atoms with Gasteiger partial charge < -0.3 is 9.80 Å². The van der Waals surface area contributed by atoms with Crippen LogP contribution >= 0.6 is 0 Å². The molecule has 0 aliphatic carbocycles. The van der Waals surface area contributed by atoms with Crippen LogP contribution in [0.25, 0.3) is 6.08 Å². The summed E-state index contributed by atoms with van der Waals surface area (Å²) in [6.45, 7) is 7.43. The van der Waals surface area contributed by atoms with E-state index in [0.29, 0.717) is 23.1 Å². The van der Waals surface area contributed by atoms with Crippen LogP contribution < -0.4 is 20.4 Å². The fourth-order valence-electron chi connectivity index (χ4n) is 4.63. The van der Waals surface area contributed by atoms with Gasteiger partial charge in [-0.05, 0) is 49.7 Å². The Labute approximate surface area is 192 Å². The number of nitro groups is 1. The highest BCUT2D eigenvalue weighted by Crippen LogP contribution is 2.39. The number of urea groups is 1. The summed E-state index contributed by atoms with van der Waals surface area (Å²) in [4.78, 5) is 51.8. The maximum Gasteiger partial charge on any atom is 0.328 e.